The third-order valence-electron chi connectivity index (χ3n) is 3.35. The Morgan fingerprint density at radius 2 is 2.20 bits per heavy atom. The van der Waals surface area contributed by atoms with Gasteiger partial charge >= 0.3 is 0 Å². The maximum absolute atomic E-state index is 5.73. The van der Waals surface area contributed by atoms with Crippen LogP contribution in [0.2, 0.25) is 0 Å². The van der Waals surface area contributed by atoms with Gasteiger partial charge in [0.1, 0.15) is 5.00 Å². The first-order chi connectivity index (χ1) is 7.08. The summed E-state index contributed by atoms with van der Waals surface area (Å²) in [6.07, 6.45) is 3.08. The molecule has 2 N–H and O–H groups in total. The summed E-state index contributed by atoms with van der Waals surface area (Å²) in [7, 11) is 0. The van der Waals surface area contributed by atoms with E-state index in [-0.39, 0.29) is 0 Å². The van der Waals surface area contributed by atoms with E-state index in [1.165, 1.54) is 6.42 Å². The number of nitrogens with two attached hydrogens (primary N) is 1. The molecule has 2 heterocycles. The molecule has 1 saturated heterocycles. The number of rotatable bonds is 1. The van der Waals surface area contributed by atoms with Gasteiger partial charge in [-0.3, -0.25) is 0 Å². The SMILES string of the molecule is CC1CC(C)C(C)N(c2ncc(N)s2)C1. The number of hydrogen-bond acceptors (Lipinski definition) is 4. The molecule has 4 heteroatoms. The quantitative estimate of drug-likeness (QED) is 0.799. The standard InChI is InChI=1S/C11H19N3S/c1-7-4-8(2)9(3)14(6-7)11-13-5-10(12)15-11/h5,7-9H,4,6,12H2,1-3H3. The van der Waals surface area contributed by atoms with Crippen molar-refractivity contribution in [2.24, 2.45) is 11.8 Å². The van der Waals surface area contributed by atoms with Crippen LogP contribution in [0.1, 0.15) is 27.2 Å². The van der Waals surface area contributed by atoms with Gasteiger partial charge in [0, 0.05) is 12.6 Å². The number of hydrogen-bond donors (Lipinski definition) is 1. The Morgan fingerprint density at radius 3 is 2.80 bits per heavy atom. The normalized spacial score (nSPS) is 31.9. The van der Waals surface area contributed by atoms with Crippen LogP contribution in [0.25, 0.3) is 0 Å². The van der Waals surface area contributed by atoms with E-state index in [1.807, 2.05) is 0 Å². The van der Waals surface area contributed by atoms with Crippen LogP contribution in [-0.4, -0.2) is 17.6 Å². The Labute approximate surface area is 95.3 Å². The van der Waals surface area contributed by atoms with Crippen LogP contribution < -0.4 is 10.6 Å². The highest BCUT2D eigenvalue weighted by molar-refractivity contribution is 7.19. The molecule has 3 unspecified atom stereocenters. The van der Waals surface area contributed by atoms with Crippen molar-refractivity contribution < 1.29 is 0 Å². The lowest BCUT2D eigenvalue weighted by Gasteiger charge is -2.40. The lowest BCUT2D eigenvalue weighted by molar-refractivity contribution is 0.297. The van der Waals surface area contributed by atoms with E-state index < -0.39 is 0 Å². The second kappa shape index (κ2) is 4.00. The summed E-state index contributed by atoms with van der Waals surface area (Å²) in [5, 5.41) is 1.89. The molecule has 0 amide bonds. The average Bonchev–Trinajstić information content (AvgIpc) is 2.58. The summed E-state index contributed by atoms with van der Waals surface area (Å²) in [6.45, 7) is 8.03. The molecule has 0 saturated carbocycles. The van der Waals surface area contributed by atoms with Crippen LogP contribution in [0.4, 0.5) is 10.1 Å². The van der Waals surface area contributed by atoms with Crippen molar-refractivity contribution in [2.45, 2.75) is 33.2 Å². The van der Waals surface area contributed by atoms with Crippen molar-refractivity contribution in [2.75, 3.05) is 17.2 Å². The Hall–Kier alpha value is -0.770. The van der Waals surface area contributed by atoms with E-state index >= 15 is 0 Å². The topological polar surface area (TPSA) is 42.2 Å². The van der Waals surface area contributed by atoms with Gasteiger partial charge in [-0.25, -0.2) is 4.98 Å². The van der Waals surface area contributed by atoms with Crippen molar-refractivity contribution in [3.8, 4) is 0 Å². The highest BCUT2D eigenvalue weighted by atomic mass is 32.1. The third-order valence-corrected chi connectivity index (χ3v) is 4.22. The molecule has 1 aromatic heterocycles. The fraction of sp³-hybridized carbons (Fsp3) is 0.727. The Balaban J connectivity index is 2.20. The predicted molar refractivity (Wildman–Crippen MR) is 66.3 cm³/mol. The molecule has 1 fully saturated rings. The van der Waals surface area contributed by atoms with E-state index in [9.17, 15) is 0 Å². The number of anilines is 2. The highest BCUT2D eigenvalue weighted by Crippen LogP contribution is 2.34. The van der Waals surface area contributed by atoms with E-state index in [0.717, 1.165) is 28.5 Å². The van der Waals surface area contributed by atoms with Gasteiger partial charge in [-0.15, -0.1) is 0 Å². The van der Waals surface area contributed by atoms with Gasteiger partial charge in [0.25, 0.3) is 0 Å². The molecule has 3 atom stereocenters. The van der Waals surface area contributed by atoms with Gasteiger partial charge in [-0.05, 0) is 25.2 Å². The summed E-state index contributed by atoms with van der Waals surface area (Å²) in [5.41, 5.74) is 5.73. The van der Waals surface area contributed by atoms with E-state index in [2.05, 4.69) is 30.7 Å². The first kappa shape index (κ1) is 10.7. The zero-order valence-corrected chi connectivity index (χ0v) is 10.4. The second-order valence-electron chi connectivity index (χ2n) is 4.76. The minimum atomic E-state index is 0.576. The third kappa shape index (κ3) is 2.09. The zero-order chi connectivity index (χ0) is 11.0. The molecule has 2 rings (SSSR count). The van der Waals surface area contributed by atoms with E-state index in [0.29, 0.717) is 6.04 Å². The molecule has 84 valence electrons. The van der Waals surface area contributed by atoms with E-state index in [1.54, 1.807) is 17.5 Å². The average molecular weight is 225 g/mol. The van der Waals surface area contributed by atoms with Crippen molar-refractivity contribution in [1.29, 1.82) is 0 Å². The summed E-state index contributed by atoms with van der Waals surface area (Å²) < 4.78 is 0. The van der Waals surface area contributed by atoms with Crippen LogP contribution in [0.3, 0.4) is 0 Å². The molecule has 15 heavy (non-hydrogen) atoms. The summed E-state index contributed by atoms with van der Waals surface area (Å²) in [5.74, 6) is 1.49. The van der Waals surface area contributed by atoms with Gasteiger partial charge in [0.2, 0.25) is 0 Å². The highest BCUT2D eigenvalue weighted by Gasteiger charge is 2.30. The van der Waals surface area contributed by atoms with Crippen molar-refractivity contribution in [3.63, 3.8) is 0 Å². The number of nitrogens with zero attached hydrogens (tertiary/aromatic N) is 2. The fourth-order valence-electron chi connectivity index (χ4n) is 2.38. The van der Waals surface area contributed by atoms with Crippen LogP contribution >= 0.6 is 11.3 Å². The van der Waals surface area contributed by atoms with Crippen LogP contribution in [0.15, 0.2) is 6.20 Å². The molecular weight excluding hydrogens is 206 g/mol. The summed E-state index contributed by atoms with van der Waals surface area (Å²) in [4.78, 5) is 6.78. The minimum absolute atomic E-state index is 0.576. The van der Waals surface area contributed by atoms with Crippen molar-refractivity contribution in [3.05, 3.63) is 6.20 Å². The van der Waals surface area contributed by atoms with Crippen molar-refractivity contribution >= 4 is 21.5 Å². The number of thiazole rings is 1. The monoisotopic (exact) mass is 225 g/mol. The maximum atomic E-state index is 5.73. The molecular formula is C11H19N3S. The van der Waals surface area contributed by atoms with Gasteiger partial charge in [-0.2, -0.15) is 0 Å². The fourth-order valence-corrected chi connectivity index (χ4v) is 3.16. The molecule has 0 radical (unpaired) electrons. The Morgan fingerprint density at radius 1 is 1.47 bits per heavy atom. The van der Waals surface area contributed by atoms with Gasteiger partial charge in [-0.1, -0.05) is 25.2 Å². The van der Waals surface area contributed by atoms with Crippen LogP contribution in [0, 0.1) is 11.8 Å². The molecule has 0 aliphatic carbocycles. The second-order valence-corrected chi connectivity index (χ2v) is 5.80. The lowest BCUT2D eigenvalue weighted by atomic mass is 9.86. The lowest BCUT2D eigenvalue weighted by Crippen LogP contribution is -2.45. The summed E-state index contributed by atoms with van der Waals surface area (Å²) in [6, 6.07) is 0.576. The number of piperidine rings is 1. The molecule has 1 aromatic rings. The smallest absolute Gasteiger partial charge is 0.187 e. The first-order valence-corrected chi connectivity index (χ1v) is 6.37. The van der Waals surface area contributed by atoms with Gasteiger partial charge in [0.15, 0.2) is 5.13 Å². The molecule has 1 aliphatic heterocycles. The van der Waals surface area contributed by atoms with Crippen molar-refractivity contribution in [1.82, 2.24) is 4.98 Å². The molecule has 1 aliphatic rings. The van der Waals surface area contributed by atoms with E-state index in [4.69, 9.17) is 5.73 Å². The Bertz CT molecular complexity index is 336. The number of aromatic nitrogens is 1. The molecule has 0 bridgehead atoms. The zero-order valence-electron chi connectivity index (χ0n) is 9.60. The van der Waals surface area contributed by atoms with Gasteiger partial charge in [0.05, 0.1) is 6.20 Å². The maximum Gasteiger partial charge on any atom is 0.187 e. The largest absolute Gasteiger partial charge is 0.389 e. The van der Waals surface area contributed by atoms with Gasteiger partial charge < -0.3 is 10.6 Å². The minimum Gasteiger partial charge on any atom is -0.389 e. The van der Waals surface area contributed by atoms with Crippen LogP contribution in [0.5, 0.6) is 0 Å². The Kier molecular flexibility index (Phi) is 2.87. The van der Waals surface area contributed by atoms with Crippen LogP contribution in [-0.2, 0) is 0 Å². The molecule has 0 spiro atoms. The predicted octanol–water partition coefficient (Wildman–Crippen LogP) is 2.60. The first-order valence-electron chi connectivity index (χ1n) is 5.56. The summed E-state index contributed by atoms with van der Waals surface area (Å²) >= 11 is 1.59. The molecule has 0 aromatic carbocycles. The molecule has 3 nitrogen and oxygen atoms in total. The number of nitrogen functional groups attached to an aromatic ring is 1.